The maximum atomic E-state index is 11.8. The van der Waals surface area contributed by atoms with Crippen molar-refractivity contribution in [2.45, 2.75) is 57.8 Å². The molecule has 0 aliphatic heterocycles. The van der Waals surface area contributed by atoms with Gasteiger partial charge in [-0.15, -0.1) is 0 Å². The Morgan fingerprint density at radius 1 is 1.06 bits per heavy atom. The predicted molar refractivity (Wildman–Crippen MR) is 74.8 cm³/mol. The van der Waals surface area contributed by atoms with Crippen LogP contribution in [0.3, 0.4) is 0 Å². The molecule has 2 heteroatoms. The molecule has 0 bridgehead atoms. The zero-order valence-electron chi connectivity index (χ0n) is 11.5. The normalized spacial score (nSPS) is 11.4. The fourth-order valence-electron chi connectivity index (χ4n) is 2.47. The molecule has 1 aromatic carbocycles. The van der Waals surface area contributed by atoms with Gasteiger partial charge in [0.2, 0.25) is 0 Å². The van der Waals surface area contributed by atoms with Gasteiger partial charge in [0.05, 0.1) is 5.41 Å². The third kappa shape index (κ3) is 3.34. The van der Waals surface area contributed by atoms with Crippen LogP contribution in [0.5, 0.6) is 0 Å². The van der Waals surface area contributed by atoms with Crippen LogP contribution >= 0.6 is 0 Å². The van der Waals surface area contributed by atoms with Crippen LogP contribution in [0.2, 0.25) is 0 Å². The molecule has 0 saturated heterocycles. The first-order chi connectivity index (χ1) is 8.67. The first-order valence-electron chi connectivity index (χ1n) is 6.96. The second kappa shape index (κ2) is 7.20. The molecule has 2 nitrogen and oxygen atoms in total. The lowest BCUT2D eigenvalue weighted by Gasteiger charge is -2.30. The molecule has 0 aliphatic rings. The highest BCUT2D eigenvalue weighted by Crippen LogP contribution is 2.35. The third-order valence-electron chi connectivity index (χ3n) is 3.65. The summed E-state index contributed by atoms with van der Waals surface area (Å²) in [6.45, 7) is 4.22. The summed E-state index contributed by atoms with van der Waals surface area (Å²) < 4.78 is 0. The fourth-order valence-corrected chi connectivity index (χ4v) is 2.47. The zero-order valence-corrected chi connectivity index (χ0v) is 11.5. The first-order valence-corrected chi connectivity index (χ1v) is 6.96. The summed E-state index contributed by atoms with van der Waals surface area (Å²) in [5.41, 5.74) is 0.271. The Kier molecular flexibility index (Phi) is 5.90. The summed E-state index contributed by atoms with van der Waals surface area (Å²) in [5, 5.41) is 9.73. The molecular weight excluding hydrogens is 224 g/mol. The van der Waals surface area contributed by atoms with Crippen LogP contribution < -0.4 is 0 Å². The highest BCUT2D eigenvalue weighted by atomic mass is 16.4. The monoisotopic (exact) mass is 248 g/mol. The average Bonchev–Trinajstić information content (AvgIpc) is 2.40. The summed E-state index contributed by atoms with van der Waals surface area (Å²) in [6.07, 6.45) is 5.48. The Hall–Kier alpha value is -1.31. The van der Waals surface area contributed by atoms with E-state index in [-0.39, 0.29) is 0 Å². The van der Waals surface area contributed by atoms with Crippen molar-refractivity contribution in [3.8, 4) is 0 Å². The van der Waals surface area contributed by atoms with Gasteiger partial charge in [0, 0.05) is 0 Å². The molecule has 0 unspecified atom stereocenters. The number of carboxylic acid groups (broad SMARTS) is 1. The SMILES string of the molecule is CCCCC(CCCC)(C(=O)O)c1ccccc1. The summed E-state index contributed by atoms with van der Waals surface area (Å²) in [6, 6.07) is 9.73. The van der Waals surface area contributed by atoms with Gasteiger partial charge in [0.15, 0.2) is 0 Å². The van der Waals surface area contributed by atoms with Gasteiger partial charge in [0.25, 0.3) is 0 Å². The Labute approximate surface area is 110 Å². The Morgan fingerprint density at radius 3 is 1.94 bits per heavy atom. The molecule has 1 aromatic rings. The van der Waals surface area contributed by atoms with Crippen LogP contribution in [0.1, 0.15) is 57.9 Å². The number of unbranched alkanes of at least 4 members (excludes halogenated alkanes) is 2. The molecule has 0 heterocycles. The van der Waals surface area contributed by atoms with Crippen molar-refractivity contribution in [2.75, 3.05) is 0 Å². The van der Waals surface area contributed by atoms with E-state index in [4.69, 9.17) is 0 Å². The molecule has 0 atom stereocenters. The van der Waals surface area contributed by atoms with E-state index in [1.54, 1.807) is 0 Å². The van der Waals surface area contributed by atoms with E-state index in [1.807, 2.05) is 30.3 Å². The fraction of sp³-hybridized carbons (Fsp3) is 0.562. The Balaban J connectivity index is 3.07. The van der Waals surface area contributed by atoms with Crippen LogP contribution in [0.25, 0.3) is 0 Å². The second-order valence-electron chi connectivity index (χ2n) is 4.96. The van der Waals surface area contributed by atoms with Gasteiger partial charge in [-0.05, 0) is 18.4 Å². The van der Waals surface area contributed by atoms with Crippen LogP contribution in [0.15, 0.2) is 30.3 Å². The molecule has 0 aromatic heterocycles. The topological polar surface area (TPSA) is 37.3 Å². The quantitative estimate of drug-likeness (QED) is 0.740. The van der Waals surface area contributed by atoms with E-state index < -0.39 is 11.4 Å². The van der Waals surface area contributed by atoms with Crippen molar-refractivity contribution >= 4 is 5.97 Å². The smallest absolute Gasteiger partial charge is 0.314 e. The second-order valence-corrected chi connectivity index (χ2v) is 4.96. The van der Waals surface area contributed by atoms with E-state index in [2.05, 4.69) is 13.8 Å². The lowest BCUT2D eigenvalue weighted by Crippen LogP contribution is -2.36. The van der Waals surface area contributed by atoms with Crippen molar-refractivity contribution in [3.63, 3.8) is 0 Å². The maximum Gasteiger partial charge on any atom is 0.314 e. The van der Waals surface area contributed by atoms with Crippen LogP contribution in [0.4, 0.5) is 0 Å². The van der Waals surface area contributed by atoms with Gasteiger partial charge in [-0.3, -0.25) is 4.79 Å². The van der Waals surface area contributed by atoms with Crippen LogP contribution in [-0.4, -0.2) is 11.1 Å². The van der Waals surface area contributed by atoms with E-state index in [9.17, 15) is 9.90 Å². The minimum Gasteiger partial charge on any atom is -0.481 e. The largest absolute Gasteiger partial charge is 0.481 e. The van der Waals surface area contributed by atoms with Crippen molar-refractivity contribution in [1.82, 2.24) is 0 Å². The van der Waals surface area contributed by atoms with Gasteiger partial charge in [-0.25, -0.2) is 0 Å². The number of hydrogen-bond acceptors (Lipinski definition) is 1. The summed E-state index contributed by atoms with van der Waals surface area (Å²) in [5.74, 6) is -0.671. The average molecular weight is 248 g/mol. The van der Waals surface area contributed by atoms with Crippen LogP contribution in [0, 0.1) is 0 Å². The summed E-state index contributed by atoms with van der Waals surface area (Å²) in [7, 11) is 0. The van der Waals surface area contributed by atoms with Crippen molar-refractivity contribution in [1.29, 1.82) is 0 Å². The molecule has 0 amide bonds. The summed E-state index contributed by atoms with van der Waals surface area (Å²) in [4.78, 5) is 11.8. The molecule has 0 radical (unpaired) electrons. The maximum absolute atomic E-state index is 11.8. The number of hydrogen-bond donors (Lipinski definition) is 1. The molecule has 1 rings (SSSR count). The third-order valence-corrected chi connectivity index (χ3v) is 3.65. The molecule has 0 fully saturated rings. The minimum absolute atomic E-state index is 0.671. The molecular formula is C16H24O2. The van der Waals surface area contributed by atoms with Crippen molar-refractivity contribution in [3.05, 3.63) is 35.9 Å². The van der Waals surface area contributed by atoms with Gasteiger partial charge < -0.3 is 5.11 Å². The number of carboxylic acids is 1. The number of carbonyl (C=O) groups is 1. The molecule has 0 saturated carbocycles. The molecule has 18 heavy (non-hydrogen) atoms. The Bertz CT molecular complexity index is 349. The van der Waals surface area contributed by atoms with Crippen LogP contribution in [-0.2, 0) is 10.2 Å². The number of rotatable bonds is 8. The van der Waals surface area contributed by atoms with Crippen molar-refractivity contribution < 1.29 is 9.90 Å². The number of aliphatic carboxylic acids is 1. The van der Waals surface area contributed by atoms with Gasteiger partial charge in [0.1, 0.15) is 0 Å². The first kappa shape index (κ1) is 14.7. The highest BCUT2D eigenvalue weighted by molar-refractivity contribution is 5.81. The van der Waals surface area contributed by atoms with E-state index in [1.165, 1.54) is 0 Å². The van der Waals surface area contributed by atoms with Crippen molar-refractivity contribution in [2.24, 2.45) is 0 Å². The summed E-state index contributed by atoms with van der Waals surface area (Å²) >= 11 is 0. The van der Waals surface area contributed by atoms with Gasteiger partial charge in [-0.2, -0.15) is 0 Å². The highest BCUT2D eigenvalue weighted by Gasteiger charge is 2.38. The Morgan fingerprint density at radius 2 is 1.56 bits per heavy atom. The molecule has 0 spiro atoms. The van der Waals surface area contributed by atoms with Gasteiger partial charge >= 0.3 is 5.97 Å². The lowest BCUT2D eigenvalue weighted by molar-refractivity contribution is -0.144. The minimum atomic E-state index is -0.687. The standard InChI is InChI=1S/C16H24O2/c1-3-5-12-16(15(17)18,13-6-4-2)14-10-8-7-9-11-14/h7-11H,3-6,12-13H2,1-2H3,(H,17,18). The van der Waals surface area contributed by atoms with Gasteiger partial charge in [-0.1, -0.05) is 69.9 Å². The lowest BCUT2D eigenvalue weighted by atomic mass is 9.73. The van der Waals surface area contributed by atoms with E-state index >= 15 is 0 Å². The van der Waals surface area contributed by atoms with E-state index in [0.717, 1.165) is 44.1 Å². The molecule has 1 N–H and O–H groups in total. The van der Waals surface area contributed by atoms with E-state index in [0.29, 0.717) is 0 Å². The molecule has 0 aliphatic carbocycles. The number of benzene rings is 1. The zero-order chi connectivity index (χ0) is 13.4. The predicted octanol–water partition coefficient (Wildman–Crippen LogP) is 4.39. The molecule has 100 valence electrons.